The molecule has 1 N–H and O–H groups in total. The van der Waals surface area contributed by atoms with Crippen LogP contribution < -0.4 is 5.32 Å². The minimum Gasteiger partial charge on any atom is -0.325 e. The first-order valence-electron chi connectivity index (χ1n) is 8.86. The molecular formula is C19H21ClN4O3S2. The molecule has 1 heterocycles. The van der Waals surface area contributed by atoms with Crippen LogP contribution >= 0.6 is 23.4 Å². The van der Waals surface area contributed by atoms with Crippen LogP contribution in [0.3, 0.4) is 0 Å². The molecular weight excluding hydrogens is 432 g/mol. The lowest BCUT2D eigenvalue weighted by Crippen LogP contribution is -2.30. The number of carbonyl (C=O) groups is 1. The number of nitrogens with one attached hydrogen (secondary N) is 1. The van der Waals surface area contributed by atoms with E-state index in [9.17, 15) is 13.2 Å². The van der Waals surface area contributed by atoms with Crippen molar-refractivity contribution in [2.24, 2.45) is 0 Å². The number of benzene rings is 1. The average Bonchev–Trinajstić information content (AvgIpc) is 2.69. The number of anilines is 1. The molecule has 2 aromatic rings. The summed E-state index contributed by atoms with van der Waals surface area (Å²) in [5, 5.41) is 11.9. The highest BCUT2D eigenvalue weighted by Gasteiger charge is 2.22. The Hall–Kier alpha value is -2.12. The van der Waals surface area contributed by atoms with Crippen LogP contribution in [0.1, 0.15) is 26.3 Å². The molecule has 0 aliphatic carbocycles. The Morgan fingerprint density at radius 3 is 2.52 bits per heavy atom. The maximum absolute atomic E-state index is 12.5. The van der Waals surface area contributed by atoms with Gasteiger partial charge in [-0.05, 0) is 37.3 Å². The Balaban J connectivity index is 2.05. The maximum atomic E-state index is 12.5. The molecule has 154 valence electrons. The summed E-state index contributed by atoms with van der Waals surface area (Å²) in [5.41, 5.74) is 0.816. The zero-order valence-electron chi connectivity index (χ0n) is 16.2. The number of pyridine rings is 1. The lowest BCUT2D eigenvalue weighted by molar-refractivity contribution is -0.115. The molecule has 0 aliphatic heterocycles. The summed E-state index contributed by atoms with van der Waals surface area (Å²) in [4.78, 5) is 16.7. The van der Waals surface area contributed by atoms with Crippen molar-refractivity contribution in [3.63, 3.8) is 0 Å². The second kappa shape index (κ2) is 10.1. The summed E-state index contributed by atoms with van der Waals surface area (Å²) < 4.78 is 26.4. The number of rotatable bonds is 8. The van der Waals surface area contributed by atoms with Gasteiger partial charge >= 0.3 is 0 Å². The molecule has 10 heteroatoms. The molecule has 2 rings (SSSR count). The van der Waals surface area contributed by atoms with Crippen molar-refractivity contribution in [3.05, 3.63) is 47.1 Å². The second-order valence-electron chi connectivity index (χ2n) is 5.98. The number of hydrogen-bond donors (Lipinski definition) is 1. The fourth-order valence-electron chi connectivity index (χ4n) is 2.46. The Morgan fingerprint density at radius 1 is 1.31 bits per heavy atom. The molecule has 0 saturated heterocycles. The Bertz CT molecular complexity index is 1020. The predicted octanol–water partition coefficient (Wildman–Crippen LogP) is 3.76. The van der Waals surface area contributed by atoms with Crippen molar-refractivity contribution in [1.82, 2.24) is 9.29 Å². The van der Waals surface area contributed by atoms with Gasteiger partial charge in [0.25, 0.3) is 0 Å². The predicted molar refractivity (Wildman–Crippen MR) is 114 cm³/mol. The van der Waals surface area contributed by atoms with Gasteiger partial charge in [0, 0.05) is 25.0 Å². The molecule has 7 nitrogen and oxygen atoms in total. The number of halogens is 1. The summed E-state index contributed by atoms with van der Waals surface area (Å²) >= 11 is 7.18. The van der Waals surface area contributed by atoms with E-state index in [-0.39, 0.29) is 15.8 Å². The first-order valence-corrected chi connectivity index (χ1v) is 11.6. The first kappa shape index (κ1) is 23.2. The molecule has 1 aromatic heterocycles. The van der Waals surface area contributed by atoms with Crippen molar-refractivity contribution < 1.29 is 13.2 Å². The summed E-state index contributed by atoms with van der Waals surface area (Å²) in [6.45, 7) is 6.03. The van der Waals surface area contributed by atoms with Gasteiger partial charge in [-0.3, -0.25) is 4.79 Å². The highest BCUT2D eigenvalue weighted by molar-refractivity contribution is 8.00. The van der Waals surface area contributed by atoms with Crippen LogP contribution in [0, 0.1) is 11.3 Å². The molecule has 0 aliphatic rings. The summed E-state index contributed by atoms with van der Waals surface area (Å²) in [7, 11) is -3.57. The van der Waals surface area contributed by atoms with Crippen LogP contribution in [-0.4, -0.2) is 42.0 Å². The third-order valence-corrected chi connectivity index (χ3v) is 7.47. The molecule has 0 saturated carbocycles. The molecule has 0 radical (unpaired) electrons. The highest BCUT2D eigenvalue weighted by Crippen LogP contribution is 2.25. The van der Waals surface area contributed by atoms with Crippen molar-refractivity contribution >= 4 is 45.0 Å². The SMILES string of the molecule is CCN(CC)S(=O)(=O)c1ccc(SC(C)C(=O)Nc2ccc(C#N)c(Cl)c2)nc1. The number of amides is 1. The number of nitrogens with zero attached hydrogens (tertiary/aromatic N) is 3. The van der Waals surface area contributed by atoms with E-state index in [0.717, 1.165) is 0 Å². The highest BCUT2D eigenvalue weighted by atomic mass is 35.5. The van der Waals surface area contributed by atoms with Crippen molar-refractivity contribution in [3.8, 4) is 6.07 Å². The summed E-state index contributed by atoms with van der Waals surface area (Å²) in [5.74, 6) is -0.266. The van der Waals surface area contributed by atoms with Gasteiger partial charge in [0.15, 0.2) is 0 Å². The van der Waals surface area contributed by atoms with Gasteiger partial charge in [-0.25, -0.2) is 13.4 Å². The van der Waals surface area contributed by atoms with Crippen LogP contribution in [0.5, 0.6) is 0 Å². The van der Waals surface area contributed by atoms with Gasteiger partial charge in [-0.2, -0.15) is 9.57 Å². The van der Waals surface area contributed by atoms with E-state index in [1.807, 2.05) is 6.07 Å². The maximum Gasteiger partial charge on any atom is 0.244 e. The van der Waals surface area contributed by atoms with E-state index in [0.29, 0.717) is 29.4 Å². The van der Waals surface area contributed by atoms with Crippen molar-refractivity contribution in [2.75, 3.05) is 18.4 Å². The van der Waals surface area contributed by atoms with E-state index in [1.165, 1.54) is 40.5 Å². The van der Waals surface area contributed by atoms with E-state index in [1.54, 1.807) is 32.9 Å². The molecule has 29 heavy (non-hydrogen) atoms. The average molecular weight is 453 g/mol. The van der Waals surface area contributed by atoms with Gasteiger partial charge in [-0.1, -0.05) is 37.2 Å². The Morgan fingerprint density at radius 2 is 2.00 bits per heavy atom. The van der Waals surface area contributed by atoms with E-state index in [2.05, 4.69) is 10.3 Å². The van der Waals surface area contributed by atoms with Crippen LogP contribution in [0.2, 0.25) is 5.02 Å². The number of hydrogen-bond acceptors (Lipinski definition) is 6. The molecule has 1 aromatic carbocycles. The topological polar surface area (TPSA) is 103 Å². The smallest absolute Gasteiger partial charge is 0.244 e. The van der Waals surface area contributed by atoms with Crippen LogP contribution in [-0.2, 0) is 14.8 Å². The van der Waals surface area contributed by atoms with Crippen molar-refractivity contribution in [1.29, 1.82) is 5.26 Å². The lowest BCUT2D eigenvalue weighted by Gasteiger charge is -2.18. The van der Waals surface area contributed by atoms with Crippen LogP contribution in [0.4, 0.5) is 5.69 Å². The molecule has 0 bridgehead atoms. The van der Waals surface area contributed by atoms with E-state index in [4.69, 9.17) is 16.9 Å². The van der Waals surface area contributed by atoms with Gasteiger partial charge in [0.05, 0.1) is 20.9 Å². The second-order valence-corrected chi connectivity index (χ2v) is 9.68. The number of sulfonamides is 1. The minimum absolute atomic E-state index is 0.120. The minimum atomic E-state index is -3.57. The van der Waals surface area contributed by atoms with Crippen molar-refractivity contribution in [2.45, 2.75) is 35.9 Å². The van der Waals surface area contributed by atoms with Crippen LogP contribution in [0.15, 0.2) is 46.5 Å². The number of aromatic nitrogens is 1. The summed E-state index contributed by atoms with van der Waals surface area (Å²) in [6.07, 6.45) is 1.31. The molecule has 0 spiro atoms. The zero-order chi connectivity index (χ0) is 21.6. The van der Waals surface area contributed by atoms with Gasteiger partial charge in [0.2, 0.25) is 15.9 Å². The first-order chi connectivity index (χ1) is 13.7. The van der Waals surface area contributed by atoms with E-state index >= 15 is 0 Å². The van der Waals surface area contributed by atoms with Gasteiger partial charge < -0.3 is 5.32 Å². The zero-order valence-corrected chi connectivity index (χ0v) is 18.6. The number of carbonyl (C=O) groups excluding carboxylic acids is 1. The normalized spacial score (nSPS) is 12.4. The summed E-state index contributed by atoms with van der Waals surface area (Å²) in [6, 6.07) is 9.69. The Kier molecular flexibility index (Phi) is 8.05. The monoisotopic (exact) mass is 452 g/mol. The molecule has 1 unspecified atom stereocenters. The number of nitriles is 1. The fraction of sp³-hybridized carbons (Fsp3) is 0.316. The fourth-order valence-corrected chi connectivity index (χ4v) is 4.88. The quantitative estimate of drug-likeness (QED) is 0.611. The lowest BCUT2D eigenvalue weighted by atomic mass is 10.2. The molecule has 1 atom stereocenters. The largest absolute Gasteiger partial charge is 0.325 e. The standard InChI is InChI=1S/C19H21ClN4O3S2/c1-4-24(5-2)29(26,27)16-8-9-18(22-12-16)28-13(3)19(25)23-15-7-6-14(11-21)17(20)10-15/h6-10,12-13H,4-5H2,1-3H3,(H,23,25). The van der Waals surface area contributed by atoms with E-state index < -0.39 is 15.3 Å². The molecule has 1 amide bonds. The Labute approximate surface area is 180 Å². The van der Waals surface area contributed by atoms with Gasteiger partial charge in [-0.15, -0.1) is 0 Å². The van der Waals surface area contributed by atoms with Crippen LogP contribution in [0.25, 0.3) is 0 Å². The third kappa shape index (κ3) is 5.70. The molecule has 0 fully saturated rings. The number of thioether (sulfide) groups is 1. The third-order valence-electron chi connectivity index (χ3n) is 4.08. The van der Waals surface area contributed by atoms with Gasteiger partial charge in [0.1, 0.15) is 11.0 Å².